The van der Waals surface area contributed by atoms with Gasteiger partial charge in [-0.2, -0.15) is 0 Å². The third kappa shape index (κ3) is 3.43. The second kappa shape index (κ2) is 6.15. The number of rotatable bonds is 4. The van der Waals surface area contributed by atoms with E-state index in [-0.39, 0.29) is 5.02 Å². The van der Waals surface area contributed by atoms with Crippen LogP contribution in [0.5, 0.6) is 0 Å². The van der Waals surface area contributed by atoms with Gasteiger partial charge in [-0.3, -0.25) is 0 Å². The van der Waals surface area contributed by atoms with Gasteiger partial charge in [0.25, 0.3) is 0 Å². The Morgan fingerprint density at radius 1 is 1.30 bits per heavy atom. The maximum Gasteiger partial charge on any atom is 0.161 e. The molecule has 2 aromatic rings. The summed E-state index contributed by atoms with van der Waals surface area (Å²) >= 11 is 5.79. The number of halogens is 2. The zero-order valence-corrected chi connectivity index (χ0v) is 12.1. The first-order valence-corrected chi connectivity index (χ1v) is 6.67. The normalized spacial score (nSPS) is 10.9. The Kier molecular flexibility index (Phi) is 4.52. The van der Waals surface area contributed by atoms with Crippen LogP contribution in [0.4, 0.5) is 10.2 Å². The number of anilines is 1. The van der Waals surface area contributed by atoms with Crippen LogP contribution in [0, 0.1) is 11.7 Å². The van der Waals surface area contributed by atoms with Gasteiger partial charge in [0, 0.05) is 17.3 Å². The minimum Gasteiger partial charge on any atom is -0.308 e. The molecule has 0 aliphatic carbocycles. The van der Waals surface area contributed by atoms with E-state index in [1.54, 1.807) is 12.1 Å². The van der Waals surface area contributed by atoms with Gasteiger partial charge in [0.05, 0.1) is 5.02 Å². The van der Waals surface area contributed by atoms with Crippen molar-refractivity contribution in [2.45, 2.75) is 20.3 Å². The number of nitrogens with zero attached hydrogens (tertiary/aromatic N) is 2. The molecule has 3 N–H and O–H groups in total. The molecule has 1 aromatic carbocycles. The first-order valence-electron chi connectivity index (χ1n) is 6.29. The summed E-state index contributed by atoms with van der Waals surface area (Å²) in [5.74, 6) is 6.41. The number of aromatic nitrogens is 2. The van der Waals surface area contributed by atoms with E-state index in [0.29, 0.717) is 23.1 Å². The number of nitrogens with one attached hydrogen (secondary N) is 1. The summed E-state index contributed by atoms with van der Waals surface area (Å²) in [6, 6.07) is 6.20. The van der Waals surface area contributed by atoms with Crippen molar-refractivity contribution in [2.75, 3.05) is 5.43 Å². The minimum absolute atomic E-state index is 0.0441. The maximum atomic E-state index is 13.2. The topological polar surface area (TPSA) is 63.8 Å². The van der Waals surface area contributed by atoms with Gasteiger partial charge in [-0.1, -0.05) is 25.4 Å². The third-order valence-corrected chi connectivity index (χ3v) is 3.01. The Bertz CT molecular complexity index is 616. The van der Waals surface area contributed by atoms with Gasteiger partial charge < -0.3 is 5.43 Å². The molecule has 6 heteroatoms. The van der Waals surface area contributed by atoms with Crippen molar-refractivity contribution < 1.29 is 4.39 Å². The summed E-state index contributed by atoms with van der Waals surface area (Å²) in [6.45, 7) is 4.21. The Morgan fingerprint density at radius 3 is 2.65 bits per heavy atom. The quantitative estimate of drug-likeness (QED) is 0.670. The highest BCUT2D eigenvalue weighted by atomic mass is 35.5. The Labute approximate surface area is 122 Å². The molecule has 0 atom stereocenters. The highest BCUT2D eigenvalue weighted by molar-refractivity contribution is 6.31. The third-order valence-electron chi connectivity index (χ3n) is 2.72. The van der Waals surface area contributed by atoms with Gasteiger partial charge in [-0.05, 0) is 30.5 Å². The molecule has 0 aliphatic rings. The first-order chi connectivity index (χ1) is 9.49. The summed E-state index contributed by atoms with van der Waals surface area (Å²) in [5.41, 5.74) is 4.04. The van der Waals surface area contributed by atoms with E-state index in [2.05, 4.69) is 29.2 Å². The van der Waals surface area contributed by atoms with Crippen LogP contribution in [0.15, 0.2) is 24.3 Å². The Balaban J connectivity index is 2.46. The van der Waals surface area contributed by atoms with Crippen LogP contribution in [-0.4, -0.2) is 9.97 Å². The second-order valence-electron chi connectivity index (χ2n) is 4.94. The van der Waals surface area contributed by atoms with Gasteiger partial charge in [0.2, 0.25) is 0 Å². The van der Waals surface area contributed by atoms with Crippen molar-refractivity contribution in [3.63, 3.8) is 0 Å². The molecule has 0 spiro atoms. The van der Waals surface area contributed by atoms with Gasteiger partial charge >= 0.3 is 0 Å². The lowest BCUT2D eigenvalue weighted by Gasteiger charge is -2.09. The number of nitrogens with two attached hydrogens (primary N) is 1. The molecule has 0 saturated carbocycles. The number of benzene rings is 1. The molecule has 0 saturated heterocycles. The van der Waals surface area contributed by atoms with E-state index >= 15 is 0 Å². The molecule has 0 amide bonds. The van der Waals surface area contributed by atoms with Crippen molar-refractivity contribution >= 4 is 17.4 Å². The van der Waals surface area contributed by atoms with E-state index in [1.165, 1.54) is 12.1 Å². The van der Waals surface area contributed by atoms with Gasteiger partial charge in [0.1, 0.15) is 11.6 Å². The van der Waals surface area contributed by atoms with Crippen LogP contribution in [0.3, 0.4) is 0 Å². The zero-order valence-electron chi connectivity index (χ0n) is 11.3. The minimum atomic E-state index is -0.467. The summed E-state index contributed by atoms with van der Waals surface area (Å²) in [7, 11) is 0. The number of hydrazine groups is 1. The molecule has 0 fully saturated rings. The average Bonchev–Trinajstić information content (AvgIpc) is 2.40. The maximum absolute atomic E-state index is 13.2. The van der Waals surface area contributed by atoms with E-state index in [0.717, 1.165) is 12.1 Å². The van der Waals surface area contributed by atoms with Crippen molar-refractivity contribution in [1.29, 1.82) is 0 Å². The highest BCUT2D eigenvalue weighted by Crippen LogP contribution is 2.24. The molecular formula is C14H16ClFN4. The molecular weight excluding hydrogens is 279 g/mol. The summed E-state index contributed by atoms with van der Waals surface area (Å²) in [4.78, 5) is 8.75. The van der Waals surface area contributed by atoms with Gasteiger partial charge in [-0.15, -0.1) is 0 Å². The SMILES string of the molecule is CC(C)Cc1cc(NN)nc(-c2ccc(F)c(Cl)c2)n1. The van der Waals surface area contributed by atoms with E-state index in [1.807, 2.05) is 0 Å². The standard InChI is InChI=1S/C14H16ClFN4/c1-8(2)5-10-7-13(20-17)19-14(18-10)9-3-4-12(16)11(15)6-9/h3-4,6-8H,5,17H2,1-2H3,(H,18,19,20). The fourth-order valence-corrected chi connectivity index (χ4v) is 2.04. The van der Waals surface area contributed by atoms with E-state index in [4.69, 9.17) is 17.4 Å². The smallest absolute Gasteiger partial charge is 0.161 e. The lowest BCUT2D eigenvalue weighted by Crippen LogP contribution is -2.11. The van der Waals surface area contributed by atoms with Crippen molar-refractivity contribution in [2.24, 2.45) is 11.8 Å². The first kappa shape index (κ1) is 14.7. The van der Waals surface area contributed by atoms with E-state index < -0.39 is 5.82 Å². The van der Waals surface area contributed by atoms with Crippen LogP contribution >= 0.6 is 11.6 Å². The molecule has 0 bridgehead atoms. The van der Waals surface area contributed by atoms with Crippen molar-refractivity contribution in [3.05, 3.63) is 40.8 Å². The molecule has 0 radical (unpaired) electrons. The summed E-state index contributed by atoms with van der Waals surface area (Å²) in [6.07, 6.45) is 0.805. The average molecular weight is 295 g/mol. The van der Waals surface area contributed by atoms with Crippen LogP contribution < -0.4 is 11.3 Å². The monoisotopic (exact) mass is 294 g/mol. The van der Waals surface area contributed by atoms with Crippen LogP contribution in [0.25, 0.3) is 11.4 Å². The van der Waals surface area contributed by atoms with E-state index in [9.17, 15) is 4.39 Å². The molecule has 20 heavy (non-hydrogen) atoms. The predicted molar refractivity (Wildman–Crippen MR) is 78.8 cm³/mol. The number of nitrogen functional groups attached to an aromatic ring is 1. The molecule has 0 aliphatic heterocycles. The van der Waals surface area contributed by atoms with Gasteiger partial charge in [-0.25, -0.2) is 20.2 Å². The lowest BCUT2D eigenvalue weighted by atomic mass is 10.1. The largest absolute Gasteiger partial charge is 0.308 e. The predicted octanol–water partition coefficient (Wildman–Crippen LogP) is 3.42. The zero-order chi connectivity index (χ0) is 14.7. The van der Waals surface area contributed by atoms with Crippen molar-refractivity contribution in [1.82, 2.24) is 9.97 Å². The summed E-state index contributed by atoms with van der Waals surface area (Å²) in [5, 5.41) is 0.0441. The highest BCUT2D eigenvalue weighted by Gasteiger charge is 2.10. The molecule has 4 nitrogen and oxygen atoms in total. The number of hydrogen-bond donors (Lipinski definition) is 2. The second-order valence-corrected chi connectivity index (χ2v) is 5.35. The molecule has 1 heterocycles. The van der Waals surface area contributed by atoms with Crippen LogP contribution in [-0.2, 0) is 6.42 Å². The fraction of sp³-hybridized carbons (Fsp3) is 0.286. The van der Waals surface area contributed by atoms with Crippen LogP contribution in [0.1, 0.15) is 19.5 Å². The fourth-order valence-electron chi connectivity index (χ4n) is 1.86. The molecule has 106 valence electrons. The number of hydrogen-bond acceptors (Lipinski definition) is 4. The van der Waals surface area contributed by atoms with Crippen molar-refractivity contribution in [3.8, 4) is 11.4 Å². The summed E-state index contributed by atoms with van der Waals surface area (Å²) < 4.78 is 13.2. The Hall–Kier alpha value is -1.72. The van der Waals surface area contributed by atoms with Gasteiger partial charge in [0.15, 0.2) is 5.82 Å². The molecule has 2 rings (SSSR count). The van der Waals surface area contributed by atoms with Crippen LogP contribution in [0.2, 0.25) is 5.02 Å². The lowest BCUT2D eigenvalue weighted by molar-refractivity contribution is 0.628. The Morgan fingerprint density at radius 2 is 2.05 bits per heavy atom. The molecule has 0 unspecified atom stereocenters. The molecule has 1 aromatic heterocycles.